The molecule has 0 atom stereocenters. The molecule has 0 fully saturated rings. The van der Waals surface area contributed by atoms with E-state index in [4.69, 9.17) is 0 Å². The van der Waals surface area contributed by atoms with Crippen molar-refractivity contribution >= 4 is 10.0 Å². The highest BCUT2D eigenvalue weighted by atomic mass is 32.2. The van der Waals surface area contributed by atoms with Crippen LogP contribution in [0.3, 0.4) is 0 Å². The first-order valence-corrected chi connectivity index (χ1v) is 8.56. The van der Waals surface area contributed by atoms with Crippen LogP contribution in [0, 0.1) is 0 Å². The molecule has 10 heteroatoms. The highest BCUT2D eigenvalue weighted by molar-refractivity contribution is 7.89. The lowest BCUT2D eigenvalue weighted by Crippen LogP contribution is -2.39. The third-order valence-electron chi connectivity index (χ3n) is 3.19. The van der Waals surface area contributed by atoms with E-state index in [0.717, 1.165) is 10.9 Å². The topological polar surface area (TPSA) is 68.1 Å². The fourth-order valence-electron chi connectivity index (χ4n) is 2.12. The zero-order chi connectivity index (χ0) is 18.0. The Bertz CT molecular complexity index is 773. The van der Waals surface area contributed by atoms with Crippen molar-refractivity contribution in [3.05, 3.63) is 42.1 Å². The average Bonchev–Trinajstić information content (AvgIpc) is 2.96. The molecule has 0 spiro atoms. The lowest BCUT2D eigenvalue weighted by Gasteiger charge is -2.24. The van der Waals surface area contributed by atoms with Crippen molar-refractivity contribution in [2.45, 2.75) is 37.6 Å². The first kappa shape index (κ1) is 18.4. The maximum atomic E-state index is 12.9. The number of hydrogen-bond donors (Lipinski definition) is 0. The molecule has 2 rings (SSSR count). The molecule has 0 radical (unpaired) electrons. The van der Waals surface area contributed by atoms with Crippen LogP contribution in [0.25, 0.3) is 0 Å². The van der Waals surface area contributed by atoms with Crippen LogP contribution in [0.2, 0.25) is 0 Å². The van der Waals surface area contributed by atoms with E-state index in [1.54, 1.807) is 44.2 Å². The zero-order valence-corrected chi connectivity index (χ0v) is 13.9. The van der Waals surface area contributed by atoms with Crippen molar-refractivity contribution in [2.24, 2.45) is 0 Å². The maximum Gasteiger partial charge on any atom is 0.402 e. The smallest absolute Gasteiger partial charge is 0.230 e. The zero-order valence-electron chi connectivity index (χ0n) is 13.1. The second kappa shape index (κ2) is 6.89. The molecule has 0 amide bonds. The summed E-state index contributed by atoms with van der Waals surface area (Å²) in [5.74, 6) is 0. The summed E-state index contributed by atoms with van der Waals surface area (Å²) in [5.41, 5.74) is 0.453. The molecular formula is C14H17F3N4O2S. The summed E-state index contributed by atoms with van der Waals surface area (Å²) >= 11 is 0. The van der Waals surface area contributed by atoms with Gasteiger partial charge in [0.05, 0.1) is 6.20 Å². The first-order valence-electron chi connectivity index (χ1n) is 7.12. The van der Waals surface area contributed by atoms with Gasteiger partial charge in [-0.25, -0.2) is 13.1 Å². The Kier molecular flexibility index (Phi) is 5.29. The Morgan fingerprint density at radius 3 is 2.38 bits per heavy atom. The predicted octanol–water partition coefficient (Wildman–Crippen LogP) is 2.61. The van der Waals surface area contributed by atoms with Gasteiger partial charge < -0.3 is 0 Å². The van der Waals surface area contributed by atoms with Crippen LogP contribution < -0.4 is 0 Å². The Morgan fingerprint density at radius 1 is 1.21 bits per heavy atom. The number of rotatable bonds is 6. The molecule has 0 unspecified atom stereocenters. The van der Waals surface area contributed by atoms with Gasteiger partial charge in [-0.05, 0) is 19.4 Å². The van der Waals surface area contributed by atoms with E-state index >= 15 is 0 Å². The Labute approximate surface area is 137 Å². The van der Waals surface area contributed by atoms with Crippen molar-refractivity contribution in [3.8, 4) is 0 Å². The van der Waals surface area contributed by atoms with Crippen LogP contribution in [0.1, 0.15) is 25.5 Å². The number of sulfonamides is 1. The molecule has 0 saturated carbocycles. The predicted molar refractivity (Wildman–Crippen MR) is 80.5 cm³/mol. The summed E-state index contributed by atoms with van der Waals surface area (Å²) in [5, 5.41) is 6.81. The average molecular weight is 362 g/mol. The van der Waals surface area contributed by atoms with Crippen LogP contribution in [0.5, 0.6) is 0 Å². The summed E-state index contributed by atoms with van der Waals surface area (Å²) in [4.78, 5) is 0. The minimum atomic E-state index is -4.67. The van der Waals surface area contributed by atoms with Gasteiger partial charge in [-0.1, -0.05) is 35.5 Å². The van der Waals surface area contributed by atoms with Crippen molar-refractivity contribution in [3.63, 3.8) is 0 Å². The summed E-state index contributed by atoms with van der Waals surface area (Å²) in [6.07, 6.45) is -3.71. The molecule has 24 heavy (non-hydrogen) atoms. The summed E-state index contributed by atoms with van der Waals surface area (Å²) in [7, 11) is -4.41. The summed E-state index contributed by atoms with van der Waals surface area (Å²) in [6, 6.07) is 7.74. The maximum absolute atomic E-state index is 12.9. The normalized spacial score (nSPS) is 13.0. The Hall–Kier alpha value is -1.94. The number of halogens is 3. The van der Waals surface area contributed by atoms with E-state index < -0.39 is 29.3 Å². The van der Waals surface area contributed by atoms with Gasteiger partial charge in [-0.15, -0.1) is 5.10 Å². The van der Waals surface area contributed by atoms with Crippen LogP contribution in [-0.4, -0.2) is 40.4 Å². The second-order valence-electron chi connectivity index (χ2n) is 5.48. The molecule has 1 aromatic heterocycles. The van der Waals surface area contributed by atoms with Crippen LogP contribution in [0.15, 0.2) is 41.6 Å². The molecule has 0 bridgehead atoms. The molecular weight excluding hydrogens is 345 g/mol. The fourth-order valence-corrected chi connectivity index (χ4v) is 3.69. The molecule has 0 N–H and O–H groups in total. The Morgan fingerprint density at radius 2 is 1.83 bits per heavy atom. The highest BCUT2D eigenvalue weighted by Gasteiger charge is 2.38. The SMILES string of the molecule is CC(C)n1nncc1S(=O)(=O)N(Cc1ccccc1)CC(F)(F)F. The monoisotopic (exact) mass is 362 g/mol. The van der Waals surface area contributed by atoms with E-state index in [9.17, 15) is 21.6 Å². The molecule has 0 saturated heterocycles. The molecule has 132 valence electrons. The minimum Gasteiger partial charge on any atom is -0.230 e. The highest BCUT2D eigenvalue weighted by Crippen LogP contribution is 2.25. The molecule has 1 heterocycles. The second-order valence-corrected chi connectivity index (χ2v) is 7.37. The standard InChI is InChI=1S/C14H17F3N4O2S/c1-11(2)21-13(8-18-19-21)24(22,23)20(10-14(15,16)17)9-12-6-4-3-5-7-12/h3-8,11H,9-10H2,1-2H3. The largest absolute Gasteiger partial charge is 0.402 e. The minimum absolute atomic E-state index is 0.360. The van der Waals surface area contributed by atoms with Gasteiger partial charge in [0.15, 0.2) is 5.03 Å². The molecule has 2 aromatic rings. The van der Waals surface area contributed by atoms with Gasteiger partial charge in [0.2, 0.25) is 0 Å². The summed E-state index contributed by atoms with van der Waals surface area (Å²) < 4.78 is 65.6. The van der Waals surface area contributed by atoms with E-state index in [1.807, 2.05) is 0 Å². The van der Waals surface area contributed by atoms with Crippen LogP contribution in [-0.2, 0) is 16.6 Å². The van der Waals surface area contributed by atoms with Gasteiger partial charge in [0, 0.05) is 12.6 Å². The van der Waals surface area contributed by atoms with E-state index in [0.29, 0.717) is 9.87 Å². The molecule has 0 aliphatic carbocycles. The van der Waals surface area contributed by atoms with E-state index in [-0.39, 0.29) is 11.1 Å². The molecule has 0 aliphatic rings. The lowest BCUT2D eigenvalue weighted by molar-refractivity contribution is -0.137. The molecule has 6 nitrogen and oxygen atoms in total. The van der Waals surface area contributed by atoms with Crippen molar-refractivity contribution in [1.29, 1.82) is 0 Å². The number of nitrogens with zero attached hydrogens (tertiary/aromatic N) is 4. The third-order valence-corrected chi connectivity index (χ3v) is 4.95. The first-order chi connectivity index (χ1) is 11.1. The van der Waals surface area contributed by atoms with Gasteiger partial charge >= 0.3 is 6.18 Å². The van der Waals surface area contributed by atoms with E-state index in [2.05, 4.69) is 10.3 Å². The van der Waals surface area contributed by atoms with Gasteiger partial charge in [0.1, 0.15) is 6.54 Å². The van der Waals surface area contributed by atoms with Crippen molar-refractivity contribution in [1.82, 2.24) is 19.3 Å². The van der Waals surface area contributed by atoms with E-state index in [1.165, 1.54) is 0 Å². The summed E-state index contributed by atoms with van der Waals surface area (Å²) in [6.45, 7) is 1.34. The van der Waals surface area contributed by atoms with Gasteiger partial charge in [-0.2, -0.15) is 17.5 Å². The quantitative estimate of drug-likeness (QED) is 0.792. The Balaban J connectivity index is 2.43. The van der Waals surface area contributed by atoms with Crippen molar-refractivity contribution in [2.75, 3.05) is 6.54 Å². The van der Waals surface area contributed by atoms with Crippen LogP contribution in [0.4, 0.5) is 13.2 Å². The van der Waals surface area contributed by atoms with Crippen molar-refractivity contribution < 1.29 is 21.6 Å². The number of benzene rings is 1. The molecule has 0 aliphatic heterocycles. The number of aromatic nitrogens is 3. The third kappa shape index (κ3) is 4.32. The molecule has 1 aromatic carbocycles. The van der Waals surface area contributed by atoms with Crippen LogP contribution >= 0.6 is 0 Å². The number of alkyl halides is 3. The van der Waals surface area contributed by atoms with Gasteiger partial charge in [0.25, 0.3) is 10.0 Å². The lowest BCUT2D eigenvalue weighted by atomic mass is 10.2. The van der Waals surface area contributed by atoms with Gasteiger partial charge in [-0.3, -0.25) is 0 Å². The number of hydrogen-bond acceptors (Lipinski definition) is 4. The fraction of sp³-hybridized carbons (Fsp3) is 0.429.